The van der Waals surface area contributed by atoms with Crippen LogP contribution >= 0.6 is 0 Å². The molecule has 4 heteroatoms. The monoisotopic (exact) mass is 293 g/mol. The average molecular weight is 293 g/mol. The van der Waals surface area contributed by atoms with Gasteiger partial charge in [0, 0.05) is 0 Å². The maximum absolute atomic E-state index is 8.39. The van der Waals surface area contributed by atoms with Crippen LogP contribution in [0.15, 0.2) is 0 Å². The van der Waals surface area contributed by atoms with Gasteiger partial charge in [-0.2, -0.15) is 0 Å². The van der Waals surface area contributed by atoms with Crippen LogP contribution < -0.4 is 0 Å². The van der Waals surface area contributed by atoms with Gasteiger partial charge in [-0.1, -0.05) is 0 Å². The van der Waals surface area contributed by atoms with Crippen molar-refractivity contribution in [3.05, 3.63) is 0 Å². The first kappa shape index (κ1) is 8.91. The standard InChI is InChI=1S/Bi.2O.V.H. The van der Waals surface area contributed by atoms with Gasteiger partial charge in [0.1, 0.15) is 0 Å². The third-order valence-electron chi connectivity index (χ3n) is 0. The first-order valence-corrected chi connectivity index (χ1v) is 2.54. The minimum atomic E-state index is 0.0556. The Labute approximate surface area is 48.5 Å². The number of hydrogen-bond acceptors (Lipinski definition) is 2. The van der Waals surface area contributed by atoms with Crippen molar-refractivity contribution in [1.29, 1.82) is 0 Å². The van der Waals surface area contributed by atoms with E-state index in [9.17, 15) is 0 Å². The molecule has 0 amide bonds. The normalized spacial score (nSPS) is 1.75. The van der Waals surface area contributed by atoms with Crippen molar-refractivity contribution in [1.82, 2.24) is 0 Å². The van der Waals surface area contributed by atoms with Gasteiger partial charge < -0.3 is 0 Å². The summed E-state index contributed by atoms with van der Waals surface area (Å²) in [5.41, 5.74) is 0. The molecule has 0 N–H and O–H groups in total. The summed E-state index contributed by atoms with van der Waals surface area (Å²) in [6.45, 7) is 0. The van der Waals surface area contributed by atoms with E-state index in [4.69, 9.17) is 6.49 Å². The molecule has 0 aromatic rings. The van der Waals surface area contributed by atoms with Crippen molar-refractivity contribution >= 4 is 24.7 Å². The van der Waals surface area contributed by atoms with Crippen molar-refractivity contribution in [2.75, 3.05) is 0 Å². The molecule has 2 nitrogen and oxygen atoms in total. The van der Waals surface area contributed by atoms with E-state index >= 15 is 0 Å². The third kappa shape index (κ3) is 11.5. The van der Waals surface area contributed by atoms with Crippen LogP contribution in [0, 0.1) is 0 Å². The van der Waals surface area contributed by atoms with Gasteiger partial charge in [0.25, 0.3) is 0 Å². The molecule has 0 fully saturated rings. The van der Waals surface area contributed by atoms with Gasteiger partial charge in [0.05, 0.1) is 0 Å². The average Bonchev–Trinajstić information content (AvgIpc) is 1.50. The Kier molecular flexibility index (Phi) is 74.8. The van der Waals surface area contributed by atoms with E-state index in [2.05, 4.69) is 0 Å². The van der Waals surface area contributed by atoms with Gasteiger partial charge in [0.15, 0.2) is 0 Å². The van der Waals surface area contributed by atoms with Gasteiger partial charge in [-0.05, 0) is 0 Å². The van der Waals surface area contributed by atoms with Gasteiger partial charge in [0.2, 0.25) is 0 Å². The molecule has 0 rings (SSSR count). The van der Waals surface area contributed by atoms with Crippen LogP contribution in [0.5, 0.6) is 0 Å². The van der Waals surface area contributed by atoms with Crippen LogP contribution in [0.1, 0.15) is 0 Å². The fourth-order valence-electron chi connectivity index (χ4n) is 0. The molecule has 0 aliphatic heterocycles. The second kappa shape index (κ2) is 33.6. The van der Waals surface area contributed by atoms with Crippen molar-refractivity contribution in [2.45, 2.75) is 0 Å². The molecule has 0 radical (unpaired) electrons. The van der Waals surface area contributed by atoms with Crippen molar-refractivity contribution in [2.24, 2.45) is 0 Å². The predicted molar refractivity (Wildman–Crippen MR) is 8.52 cm³/mol. The van der Waals surface area contributed by atoms with Crippen LogP contribution in [0.3, 0.4) is 0 Å². The van der Waals surface area contributed by atoms with Crippen molar-refractivity contribution < 1.29 is 23.9 Å². The number of hydrogen-bond donors (Lipinski definition) is 0. The maximum atomic E-state index is 8.39. The molecule has 0 heterocycles. The molecule has 0 aliphatic rings. The summed E-state index contributed by atoms with van der Waals surface area (Å²) < 4.78 is 16.6. The SMILES string of the molecule is [O]=[BiH].[O]=[V]. The van der Waals surface area contributed by atoms with E-state index in [1.165, 1.54) is 0 Å². The summed E-state index contributed by atoms with van der Waals surface area (Å²) in [5, 5.41) is 0. The first-order chi connectivity index (χ1) is 2.00. The van der Waals surface area contributed by atoms with Crippen LogP contribution in [-0.4, -0.2) is 24.7 Å². The van der Waals surface area contributed by atoms with Crippen LogP contribution in [0.2, 0.25) is 0 Å². The second-order valence-electron chi connectivity index (χ2n) is 0. The summed E-state index contributed by atoms with van der Waals surface area (Å²) in [7, 11) is 0. The minimum absolute atomic E-state index is 0.0556. The van der Waals surface area contributed by atoms with Gasteiger partial charge in [-0.25, -0.2) is 0 Å². The molecule has 0 aliphatic carbocycles. The zero-order valence-corrected chi connectivity index (χ0v) is 7.05. The summed E-state index contributed by atoms with van der Waals surface area (Å²) >= 11 is 1.12. The molecular formula is HBiO2V. The molecule has 0 spiro atoms. The summed E-state index contributed by atoms with van der Waals surface area (Å²) in [4.78, 5) is 0. The Morgan fingerprint density at radius 2 is 1.25 bits per heavy atom. The van der Waals surface area contributed by atoms with Crippen molar-refractivity contribution in [3.8, 4) is 0 Å². The predicted octanol–water partition coefficient (Wildman–Crippen LogP) is -0.889. The van der Waals surface area contributed by atoms with Gasteiger partial charge in [-0.3, -0.25) is 0 Å². The van der Waals surface area contributed by atoms with E-state index in [-0.39, 0.29) is 24.7 Å². The molecule has 0 atom stereocenters. The third-order valence-corrected chi connectivity index (χ3v) is 0. The van der Waals surface area contributed by atoms with Gasteiger partial charge >= 0.3 is 48.6 Å². The number of rotatable bonds is 0. The van der Waals surface area contributed by atoms with Crippen molar-refractivity contribution in [3.63, 3.8) is 0 Å². The molecule has 4 heavy (non-hydrogen) atoms. The van der Waals surface area contributed by atoms with Crippen LogP contribution in [0.25, 0.3) is 0 Å². The fraction of sp³-hybridized carbons (Fsp3) is 0. The second-order valence-corrected chi connectivity index (χ2v) is 0. The van der Waals surface area contributed by atoms with E-state index in [0.29, 0.717) is 0 Å². The molecule has 0 saturated carbocycles. The Hall–Kier alpha value is 1.07. The van der Waals surface area contributed by atoms with Crippen LogP contribution in [-0.2, 0) is 23.9 Å². The Bertz CT molecular complexity index is 8.00. The molecule has 0 aromatic carbocycles. The van der Waals surface area contributed by atoms with E-state index in [1.807, 2.05) is 0 Å². The summed E-state index contributed by atoms with van der Waals surface area (Å²) in [6, 6.07) is 0. The quantitative estimate of drug-likeness (QED) is 0.543. The fourth-order valence-corrected chi connectivity index (χ4v) is 0. The van der Waals surface area contributed by atoms with E-state index in [0.717, 1.165) is 17.4 Å². The molecule has 0 unspecified atom stereocenters. The Morgan fingerprint density at radius 1 is 1.25 bits per heavy atom. The van der Waals surface area contributed by atoms with Crippen LogP contribution in [0.4, 0.5) is 0 Å². The summed E-state index contributed by atoms with van der Waals surface area (Å²) in [5.74, 6) is 0. The summed E-state index contributed by atoms with van der Waals surface area (Å²) in [6.07, 6.45) is 0. The molecule has 23 valence electrons. The molecule has 0 aromatic heterocycles. The Balaban J connectivity index is 0. The zero-order valence-electron chi connectivity index (χ0n) is 1.76. The zero-order chi connectivity index (χ0) is 4.00. The van der Waals surface area contributed by atoms with E-state index in [1.54, 1.807) is 0 Å². The molecule has 0 saturated heterocycles. The van der Waals surface area contributed by atoms with E-state index < -0.39 is 0 Å². The Morgan fingerprint density at radius 3 is 1.25 bits per heavy atom. The topological polar surface area (TPSA) is 34.1 Å². The first-order valence-electron chi connectivity index (χ1n) is 0.387. The molecule has 0 bridgehead atoms. The molecular weight excluding hydrogens is 292 g/mol. The van der Waals surface area contributed by atoms with Gasteiger partial charge in [-0.15, -0.1) is 0 Å².